The van der Waals surface area contributed by atoms with Crippen molar-refractivity contribution in [3.05, 3.63) is 35.5 Å². The number of hydrogen-bond acceptors (Lipinski definition) is 8. The van der Waals surface area contributed by atoms with Gasteiger partial charge in [-0.2, -0.15) is 0 Å². The van der Waals surface area contributed by atoms with Gasteiger partial charge in [-0.3, -0.25) is 4.84 Å². The van der Waals surface area contributed by atoms with E-state index in [0.29, 0.717) is 5.69 Å². The molecule has 0 radical (unpaired) electrons. The van der Waals surface area contributed by atoms with Gasteiger partial charge in [0.25, 0.3) is 0 Å². The molecule has 0 bridgehead atoms. The van der Waals surface area contributed by atoms with Crippen LogP contribution in [0.1, 0.15) is 18.2 Å². The van der Waals surface area contributed by atoms with E-state index in [9.17, 15) is 4.79 Å². The molecule has 0 aliphatic carbocycles. The smallest absolute Gasteiger partial charge is 0.334 e. The Morgan fingerprint density at radius 3 is 2.70 bits per heavy atom. The van der Waals surface area contributed by atoms with Crippen molar-refractivity contribution in [3.63, 3.8) is 0 Å². The molecular formula is C14H17N5O4. The maximum atomic E-state index is 11.3. The lowest BCUT2D eigenvalue weighted by atomic mass is 10.2. The molecule has 9 nitrogen and oxygen atoms in total. The Balaban J connectivity index is 2.14. The van der Waals surface area contributed by atoms with Crippen molar-refractivity contribution in [1.82, 2.24) is 15.8 Å². The highest BCUT2D eigenvalue weighted by molar-refractivity contribution is 6.01. The Morgan fingerprint density at radius 2 is 2.09 bits per heavy atom. The van der Waals surface area contributed by atoms with Crippen LogP contribution in [0.3, 0.4) is 0 Å². The molecule has 0 aliphatic rings. The summed E-state index contributed by atoms with van der Waals surface area (Å²) in [4.78, 5) is 20.7. The van der Waals surface area contributed by atoms with E-state index in [2.05, 4.69) is 25.4 Å². The van der Waals surface area contributed by atoms with E-state index in [1.807, 2.05) is 31.2 Å². The number of carbonyl (C=O) groups excluding carboxylic acids is 1. The third-order valence-corrected chi connectivity index (χ3v) is 2.68. The molecule has 0 aliphatic heterocycles. The van der Waals surface area contributed by atoms with Crippen LogP contribution < -0.4 is 11.2 Å². The van der Waals surface area contributed by atoms with Crippen LogP contribution in [0, 0.1) is 6.92 Å². The van der Waals surface area contributed by atoms with Crippen LogP contribution in [0.15, 0.2) is 33.9 Å². The summed E-state index contributed by atoms with van der Waals surface area (Å²) in [5.41, 5.74) is 10.1. The molecule has 0 amide bonds. The highest BCUT2D eigenvalue weighted by Gasteiger charge is 2.15. The number of amidine groups is 1. The van der Waals surface area contributed by atoms with Gasteiger partial charge in [0.05, 0.1) is 12.3 Å². The molecule has 1 aromatic carbocycles. The zero-order valence-electron chi connectivity index (χ0n) is 12.8. The van der Waals surface area contributed by atoms with Crippen LogP contribution in [0.25, 0.3) is 0 Å². The van der Waals surface area contributed by atoms with Crippen LogP contribution in [0.4, 0.5) is 11.5 Å². The number of nitrogens with one attached hydrogen (secondary N) is 1. The monoisotopic (exact) mass is 319 g/mol. The molecule has 23 heavy (non-hydrogen) atoms. The molecular weight excluding hydrogens is 302 g/mol. The number of anilines is 1. The van der Waals surface area contributed by atoms with E-state index in [-0.39, 0.29) is 30.6 Å². The number of aromatic nitrogens is 2. The molecule has 0 unspecified atom stereocenters. The average Bonchev–Trinajstić information content (AvgIpc) is 2.95. The second-order valence-corrected chi connectivity index (χ2v) is 4.49. The molecule has 0 fully saturated rings. The van der Waals surface area contributed by atoms with Crippen LogP contribution >= 0.6 is 0 Å². The number of carbonyl (C=O) groups is 1. The molecule has 122 valence electrons. The lowest BCUT2D eigenvalue weighted by Crippen LogP contribution is -2.29. The number of nitrogens with zero attached hydrogens (tertiary/aromatic N) is 3. The Labute approximate surface area is 132 Å². The highest BCUT2D eigenvalue weighted by Crippen LogP contribution is 2.15. The number of nitrogens with two attached hydrogens (primary N) is 1. The van der Waals surface area contributed by atoms with Gasteiger partial charge in [0, 0.05) is 0 Å². The van der Waals surface area contributed by atoms with Gasteiger partial charge in [0.1, 0.15) is 0 Å². The molecule has 1 aromatic heterocycles. The quantitative estimate of drug-likeness (QED) is 0.351. The van der Waals surface area contributed by atoms with Crippen LogP contribution in [0.2, 0.25) is 0 Å². The summed E-state index contributed by atoms with van der Waals surface area (Å²) >= 11 is 0. The second-order valence-electron chi connectivity index (χ2n) is 4.49. The van der Waals surface area contributed by atoms with Crippen molar-refractivity contribution in [2.45, 2.75) is 13.8 Å². The number of aliphatic imine (C=N–C) groups is 1. The summed E-state index contributed by atoms with van der Waals surface area (Å²) in [6, 6.07) is 7.43. The molecule has 2 aromatic rings. The van der Waals surface area contributed by atoms with Crippen molar-refractivity contribution in [1.29, 1.82) is 0 Å². The fourth-order valence-electron chi connectivity index (χ4n) is 1.60. The Hall–Kier alpha value is -2.94. The fourth-order valence-corrected chi connectivity index (χ4v) is 1.60. The van der Waals surface area contributed by atoms with E-state index in [0.717, 1.165) is 5.56 Å². The van der Waals surface area contributed by atoms with E-state index in [1.165, 1.54) is 0 Å². The van der Waals surface area contributed by atoms with Gasteiger partial charge >= 0.3 is 5.97 Å². The molecule has 2 rings (SSSR count). The molecule has 0 atom stereocenters. The van der Waals surface area contributed by atoms with Gasteiger partial charge in [-0.15, -0.1) is 0 Å². The third kappa shape index (κ3) is 4.78. The SMILES string of the molecule is CCOC(=O)CONC(=Nc1ccc(C)cc1)c1nonc1N. The molecule has 0 saturated carbocycles. The van der Waals surface area contributed by atoms with Crippen molar-refractivity contribution in [2.75, 3.05) is 18.9 Å². The third-order valence-electron chi connectivity index (χ3n) is 2.68. The second kappa shape index (κ2) is 7.90. The van der Waals surface area contributed by atoms with Crippen molar-refractivity contribution in [3.8, 4) is 0 Å². The maximum Gasteiger partial charge on any atom is 0.334 e. The van der Waals surface area contributed by atoms with E-state index in [4.69, 9.17) is 15.3 Å². The van der Waals surface area contributed by atoms with Crippen molar-refractivity contribution < 1.29 is 19.0 Å². The Morgan fingerprint density at radius 1 is 1.35 bits per heavy atom. The predicted molar refractivity (Wildman–Crippen MR) is 81.8 cm³/mol. The summed E-state index contributed by atoms with van der Waals surface area (Å²) in [7, 11) is 0. The van der Waals surface area contributed by atoms with Gasteiger partial charge in [-0.1, -0.05) is 17.7 Å². The number of esters is 1. The number of nitrogen functional groups attached to an aromatic ring is 1. The van der Waals surface area contributed by atoms with Gasteiger partial charge in [-0.05, 0) is 36.3 Å². The first-order valence-electron chi connectivity index (χ1n) is 6.87. The number of hydroxylamine groups is 1. The standard InChI is InChI=1S/C14H17N5O4/c1-3-21-11(20)8-22-19-14(12-13(15)18-23-17-12)16-10-6-4-9(2)5-7-10/h4-7H,3,8H2,1-2H3,(H2,15,18)(H,16,19). The molecule has 0 spiro atoms. The lowest BCUT2D eigenvalue weighted by molar-refractivity contribution is -0.149. The van der Waals surface area contributed by atoms with Crippen LogP contribution in [0.5, 0.6) is 0 Å². The Kier molecular flexibility index (Phi) is 5.64. The molecule has 1 heterocycles. The minimum atomic E-state index is -0.513. The zero-order valence-corrected chi connectivity index (χ0v) is 12.8. The number of benzene rings is 1. The van der Waals surface area contributed by atoms with Crippen molar-refractivity contribution in [2.24, 2.45) is 4.99 Å². The highest BCUT2D eigenvalue weighted by atomic mass is 16.7. The largest absolute Gasteiger partial charge is 0.464 e. The van der Waals surface area contributed by atoms with E-state index < -0.39 is 5.97 Å². The first-order chi connectivity index (χ1) is 11.1. The number of rotatable bonds is 6. The predicted octanol–water partition coefficient (Wildman–Crippen LogP) is 1.12. The summed E-state index contributed by atoms with van der Waals surface area (Å²) in [5.74, 6) is -0.305. The molecule has 3 N–H and O–H groups in total. The number of aryl methyl sites for hydroxylation is 1. The minimum absolute atomic E-state index is 0.0445. The fraction of sp³-hybridized carbons (Fsp3) is 0.286. The van der Waals surface area contributed by atoms with Gasteiger partial charge in [0.2, 0.25) is 0 Å². The van der Waals surface area contributed by atoms with Gasteiger partial charge < -0.3 is 10.5 Å². The summed E-state index contributed by atoms with van der Waals surface area (Å²) in [6.45, 7) is 3.64. The number of hydrogen-bond donors (Lipinski definition) is 2. The lowest BCUT2D eigenvalue weighted by Gasteiger charge is -2.08. The minimum Gasteiger partial charge on any atom is -0.464 e. The first kappa shape index (κ1) is 16.4. The normalized spacial score (nSPS) is 11.3. The van der Waals surface area contributed by atoms with E-state index >= 15 is 0 Å². The van der Waals surface area contributed by atoms with Gasteiger partial charge in [-0.25, -0.2) is 19.9 Å². The zero-order chi connectivity index (χ0) is 16.7. The van der Waals surface area contributed by atoms with Crippen molar-refractivity contribution >= 4 is 23.3 Å². The summed E-state index contributed by atoms with van der Waals surface area (Å²) in [5, 5.41) is 7.15. The molecule has 9 heteroatoms. The summed E-state index contributed by atoms with van der Waals surface area (Å²) in [6.07, 6.45) is 0. The average molecular weight is 319 g/mol. The topological polar surface area (TPSA) is 125 Å². The summed E-state index contributed by atoms with van der Waals surface area (Å²) < 4.78 is 9.31. The Bertz CT molecular complexity index is 681. The van der Waals surface area contributed by atoms with Crippen LogP contribution in [-0.4, -0.2) is 35.3 Å². The number of ether oxygens (including phenoxy) is 1. The van der Waals surface area contributed by atoms with E-state index in [1.54, 1.807) is 6.92 Å². The first-order valence-corrected chi connectivity index (χ1v) is 6.87. The van der Waals surface area contributed by atoms with Gasteiger partial charge in [0.15, 0.2) is 24.0 Å². The molecule has 0 saturated heterocycles. The maximum absolute atomic E-state index is 11.3. The van der Waals surface area contributed by atoms with Crippen LogP contribution in [-0.2, 0) is 14.4 Å².